The topological polar surface area (TPSA) is 0 Å². The second-order valence-electron chi connectivity index (χ2n) is 8.29. The van der Waals surface area contributed by atoms with Crippen molar-refractivity contribution in [1.29, 1.82) is 0 Å². The zero-order valence-electron chi connectivity index (χ0n) is 16.8. The van der Waals surface area contributed by atoms with Crippen LogP contribution in [0.3, 0.4) is 0 Å². The Bertz CT molecular complexity index is 729. The molecule has 2 aromatic rings. The predicted molar refractivity (Wildman–Crippen MR) is 123 cm³/mol. The first-order chi connectivity index (χ1) is 13.2. The van der Waals surface area contributed by atoms with Crippen LogP contribution < -0.4 is 0 Å². The highest BCUT2D eigenvalue weighted by atomic mass is 32.2. The Hall–Kier alpha value is -0.860. The van der Waals surface area contributed by atoms with Gasteiger partial charge in [-0.3, -0.25) is 0 Å². The molecular formula is C25H32S2. The van der Waals surface area contributed by atoms with E-state index in [1.54, 1.807) is 33.4 Å². The maximum absolute atomic E-state index is 2.52. The minimum absolute atomic E-state index is 0.567. The highest BCUT2D eigenvalue weighted by molar-refractivity contribution is 7.99. The van der Waals surface area contributed by atoms with Gasteiger partial charge < -0.3 is 0 Å². The smallest absolute Gasteiger partial charge is 0.0335 e. The SMILES string of the molecule is CSC1Cc2cc3cc(c2)CC(SC)c2cc(cc1c2)CCCCCCC3. The van der Waals surface area contributed by atoms with Crippen LogP contribution in [0, 0.1) is 0 Å². The van der Waals surface area contributed by atoms with Crippen molar-refractivity contribution < 1.29 is 0 Å². The molecule has 5 rings (SSSR count). The van der Waals surface area contributed by atoms with Gasteiger partial charge in [-0.25, -0.2) is 0 Å². The molecule has 0 nitrogen and oxygen atoms in total. The van der Waals surface area contributed by atoms with Crippen LogP contribution in [-0.4, -0.2) is 12.5 Å². The molecule has 2 atom stereocenters. The van der Waals surface area contributed by atoms with Crippen LogP contribution in [0.2, 0.25) is 0 Å². The van der Waals surface area contributed by atoms with E-state index in [2.05, 4.69) is 48.9 Å². The van der Waals surface area contributed by atoms with Crippen molar-refractivity contribution in [3.05, 3.63) is 69.8 Å². The molecule has 2 heteroatoms. The Balaban J connectivity index is 1.85. The lowest BCUT2D eigenvalue weighted by molar-refractivity contribution is 0.613. The number of benzene rings is 2. The minimum Gasteiger partial charge on any atom is -0.157 e. The van der Waals surface area contributed by atoms with E-state index in [-0.39, 0.29) is 0 Å². The predicted octanol–water partition coefficient (Wildman–Crippen LogP) is 7.34. The van der Waals surface area contributed by atoms with Gasteiger partial charge in [0, 0.05) is 10.5 Å². The molecule has 27 heavy (non-hydrogen) atoms. The fraction of sp³-hybridized carbons (Fsp3) is 0.520. The molecular weight excluding hydrogens is 364 g/mol. The van der Waals surface area contributed by atoms with E-state index in [0.717, 1.165) is 12.8 Å². The third kappa shape index (κ3) is 4.77. The van der Waals surface area contributed by atoms with Crippen LogP contribution in [-0.2, 0) is 25.7 Å². The van der Waals surface area contributed by atoms with Crippen LogP contribution in [0.25, 0.3) is 0 Å². The number of hydrogen-bond donors (Lipinski definition) is 0. The maximum atomic E-state index is 2.52. The monoisotopic (exact) mass is 396 g/mol. The molecule has 144 valence electrons. The quantitative estimate of drug-likeness (QED) is 0.520. The normalized spacial score (nSPS) is 22.9. The summed E-state index contributed by atoms with van der Waals surface area (Å²) in [5.41, 5.74) is 9.34. The summed E-state index contributed by atoms with van der Waals surface area (Å²) < 4.78 is 0. The highest BCUT2D eigenvalue weighted by Gasteiger charge is 2.20. The standard InChI is InChI=1S/C25H32S2/c1-26-24-15-20-10-18-8-6-4-3-5-7-9-19-13-22(24)17-23(14-19)25(27-2)16-21(11-18)12-20/h10-14,17,24-25H,3-9,15-16H2,1-2H3. The lowest BCUT2D eigenvalue weighted by Crippen LogP contribution is -2.08. The van der Waals surface area contributed by atoms with Crippen LogP contribution >= 0.6 is 23.5 Å². The van der Waals surface area contributed by atoms with Gasteiger partial charge in [-0.1, -0.05) is 55.7 Å². The molecule has 2 aromatic carbocycles. The van der Waals surface area contributed by atoms with E-state index < -0.39 is 0 Å². The van der Waals surface area contributed by atoms with Gasteiger partial charge in [0.1, 0.15) is 0 Å². The summed E-state index contributed by atoms with van der Waals surface area (Å²) >= 11 is 4.05. The molecule has 0 saturated carbocycles. The average Bonchev–Trinajstić information content (AvgIpc) is 2.68. The number of thioether (sulfide) groups is 2. The van der Waals surface area contributed by atoms with Crippen molar-refractivity contribution in [1.82, 2.24) is 0 Å². The first-order valence-corrected chi connectivity index (χ1v) is 13.1. The van der Waals surface area contributed by atoms with Gasteiger partial charge in [-0.2, -0.15) is 23.5 Å². The fourth-order valence-corrected chi connectivity index (χ4v) is 6.31. The van der Waals surface area contributed by atoms with Gasteiger partial charge in [-0.15, -0.1) is 0 Å². The first-order valence-electron chi connectivity index (χ1n) is 10.6. The number of aryl methyl sites for hydroxylation is 2. The third-order valence-corrected chi connectivity index (χ3v) is 8.25. The molecule has 0 fully saturated rings. The highest BCUT2D eigenvalue weighted by Crippen LogP contribution is 2.39. The summed E-state index contributed by atoms with van der Waals surface area (Å²) in [5, 5.41) is 1.13. The molecule has 0 radical (unpaired) electrons. The van der Waals surface area contributed by atoms with E-state index in [1.165, 1.54) is 44.9 Å². The van der Waals surface area contributed by atoms with Crippen molar-refractivity contribution in [2.75, 3.05) is 12.5 Å². The summed E-state index contributed by atoms with van der Waals surface area (Å²) in [6.45, 7) is 0. The van der Waals surface area contributed by atoms with Crippen LogP contribution in [0.15, 0.2) is 36.4 Å². The van der Waals surface area contributed by atoms with Crippen molar-refractivity contribution in [2.45, 2.75) is 68.3 Å². The molecule has 0 spiro atoms. The number of hydrogen-bond acceptors (Lipinski definition) is 2. The molecule has 0 saturated heterocycles. The summed E-state index contributed by atoms with van der Waals surface area (Å²) in [5.74, 6) is 0. The Morgan fingerprint density at radius 3 is 1.52 bits per heavy atom. The molecule has 0 aromatic heterocycles. The van der Waals surface area contributed by atoms with Crippen molar-refractivity contribution in [2.24, 2.45) is 0 Å². The number of rotatable bonds is 2. The Kier molecular flexibility index (Phi) is 6.55. The summed E-state index contributed by atoms with van der Waals surface area (Å²) in [7, 11) is 0. The zero-order valence-corrected chi connectivity index (χ0v) is 18.4. The van der Waals surface area contributed by atoms with E-state index >= 15 is 0 Å². The zero-order chi connectivity index (χ0) is 18.6. The van der Waals surface area contributed by atoms with E-state index in [1.807, 2.05) is 23.5 Å². The minimum atomic E-state index is 0.567. The lowest BCUT2D eigenvalue weighted by atomic mass is 9.90. The van der Waals surface area contributed by atoms with Crippen molar-refractivity contribution in [3.63, 3.8) is 0 Å². The van der Waals surface area contributed by atoms with Gasteiger partial charge in [0.2, 0.25) is 0 Å². The maximum Gasteiger partial charge on any atom is 0.0335 e. The summed E-state index contributed by atoms with van der Waals surface area (Å²) in [6.07, 6.45) is 16.2. The number of fused-ring (bicyclic) bond motifs is 8. The van der Waals surface area contributed by atoms with Crippen LogP contribution in [0.5, 0.6) is 0 Å². The van der Waals surface area contributed by atoms with Gasteiger partial charge in [-0.05, 0) is 84.4 Å². The second kappa shape index (κ2) is 9.09. The van der Waals surface area contributed by atoms with Gasteiger partial charge >= 0.3 is 0 Å². The molecule has 3 aliphatic rings. The molecule has 0 heterocycles. The molecule has 6 bridgehead atoms. The Labute approximate surface area is 173 Å². The van der Waals surface area contributed by atoms with Gasteiger partial charge in [0.05, 0.1) is 0 Å². The van der Waals surface area contributed by atoms with Gasteiger partial charge in [0.25, 0.3) is 0 Å². The second-order valence-corrected chi connectivity index (χ2v) is 10.4. The third-order valence-electron chi connectivity index (χ3n) is 6.24. The van der Waals surface area contributed by atoms with Crippen LogP contribution in [0.4, 0.5) is 0 Å². The van der Waals surface area contributed by atoms with Crippen LogP contribution in [0.1, 0.15) is 76.0 Å². The molecule has 0 aliphatic heterocycles. The molecule has 0 amide bonds. The largest absolute Gasteiger partial charge is 0.157 e. The van der Waals surface area contributed by atoms with E-state index in [9.17, 15) is 0 Å². The average molecular weight is 397 g/mol. The summed E-state index contributed by atoms with van der Waals surface area (Å²) in [4.78, 5) is 0. The van der Waals surface area contributed by atoms with Crippen molar-refractivity contribution in [3.8, 4) is 0 Å². The van der Waals surface area contributed by atoms with E-state index in [0.29, 0.717) is 10.5 Å². The summed E-state index contributed by atoms with van der Waals surface area (Å²) in [6, 6.07) is 15.1. The van der Waals surface area contributed by atoms with E-state index in [4.69, 9.17) is 0 Å². The lowest BCUT2D eigenvalue weighted by Gasteiger charge is -2.24. The fourth-order valence-electron chi connectivity index (χ4n) is 4.77. The Morgan fingerprint density at radius 1 is 0.556 bits per heavy atom. The molecule has 3 aliphatic carbocycles. The first kappa shape index (κ1) is 19.5. The molecule has 2 unspecified atom stereocenters. The van der Waals surface area contributed by atoms with Gasteiger partial charge in [0.15, 0.2) is 0 Å². The molecule has 0 N–H and O–H groups in total. The van der Waals surface area contributed by atoms with Crippen molar-refractivity contribution >= 4 is 23.5 Å². The Morgan fingerprint density at radius 2 is 1.00 bits per heavy atom.